The average Bonchev–Trinajstić information content (AvgIpc) is 2.82. The number of nitrogens with zero attached hydrogens (tertiary/aromatic N) is 2. The van der Waals surface area contributed by atoms with E-state index >= 15 is 0 Å². The molecular weight excluding hydrogens is 373 g/mol. The number of piperazine rings is 1. The molecule has 2 aliphatic heterocycles. The van der Waals surface area contributed by atoms with Gasteiger partial charge in [0.2, 0.25) is 0 Å². The molecule has 0 bridgehead atoms. The Morgan fingerprint density at radius 2 is 2.15 bits per heavy atom. The van der Waals surface area contributed by atoms with Crippen LogP contribution in [0.15, 0.2) is 24.3 Å². The van der Waals surface area contributed by atoms with Crippen LogP contribution < -0.4 is 10.1 Å². The second-order valence-electron chi connectivity index (χ2n) is 6.49. The summed E-state index contributed by atoms with van der Waals surface area (Å²) >= 11 is 13.0. The molecule has 1 fully saturated rings. The van der Waals surface area contributed by atoms with Crippen LogP contribution in [-0.4, -0.2) is 42.3 Å². The molecule has 0 amide bonds. The summed E-state index contributed by atoms with van der Waals surface area (Å²) in [4.78, 5) is 2.34. The second kappa shape index (κ2) is 6.98. The number of phenolic OH excluding ortho intramolecular Hbond substituents is 1. The zero-order chi connectivity index (χ0) is 18.3. The first kappa shape index (κ1) is 17.4. The Hall–Kier alpha value is -1.97. The smallest absolute Gasteiger partial charge is 0.143 e. The Balaban J connectivity index is 1.89. The number of rotatable bonds is 1. The summed E-state index contributed by atoms with van der Waals surface area (Å²) in [6, 6.07) is 9.07. The number of ether oxygens (including phenoxy) is 1. The molecule has 2 aromatic rings. The lowest BCUT2D eigenvalue weighted by molar-refractivity contribution is 0.120. The second-order valence-corrected chi connectivity index (χ2v) is 7.27. The first-order valence-corrected chi connectivity index (χ1v) is 9.16. The van der Waals surface area contributed by atoms with Crippen LogP contribution in [0.2, 0.25) is 10.0 Å². The summed E-state index contributed by atoms with van der Waals surface area (Å²) in [5.41, 5.74) is 2.01. The van der Waals surface area contributed by atoms with Gasteiger partial charge in [0, 0.05) is 42.9 Å². The molecule has 4 rings (SSSR count). The van der Waals surface area contributed by atoms with Crippen LogP contribution in [0.5, 0.6) is 11.5 Å². The van der Waals surface area contributed by atoms with Gasteiger partial charge in [-0.2, -0.15) is 5.26 Å². The quantitative estimate of drug-likeness (QED) is 0.781. The number of aromatic hydroxyl groups is 1. The molecule has 2 N–H and O–H groups in total. The van der Waals surface area contributed by atoms with Crippen molar-refractivity contribution in [2.45, 2.75) is 12.6 Å². The number of benzene rings is 2. The lowest BCUT2D eigenvalue weighted by atomic mass is 9.96. The van der Waals surface area contributed by atoms with Gasteiger partial charge in [0.1, 0.15) is 18.1 Å². The van der Waals surface area contributed by atoms with E-state index in [4.69, 9.17) is 27.9 Å². The fourth-order valence-electron chi connectivity index (χ4n) is 3.62. The van der Waals surface area contributed by atoms with Crippen molar-refractivity contribution in [3.63, 3.8) is 0 Å². The van der Waals surface area contributed by atoms with Crippen molar-refractivity contribution in [1.29, 1.82) is 5.26 Å². The highest BCUT2D eigenvalue weighted by Crippen LogP contribution is 2.47. The van der Waals surface area contributed by atoms with Crippen LogP contribution in [-0.2, 0) is 6.54 Å². The maximum absolute atomic E-state index is 10.3. The minimum Gasteiger partial charge on any atom is -0.507 e. The summed E-state index contributed by atoms with van der Waals surface area (Å²) in [5.74, 6) is 0.542. The molecule has 0 aromatic heterocycles. The monoisotopic (exact) mass is 389 g/mol. The number of hydrogen-bond donors (Lipinski definition) is 2. The van der Waals surface area contributed by atoms with E-state index in [1.807, 2.05) is 0 Å². The van der Waals surface area contributed by atoms with Gasteiger partial charge in [0.15, 0.2) is 0 Å². The molecule has 5 nitrogen and oxygen atoms in total. The third-order valence-corrected chi connectivity index (χ3v) is 5.60. The zero-order valence-corrected chi connectivity index (χ0v) is 15.4. The highest BCUT2D eigenvalue weighted by Gasteiger charge is 2.30. The minimum absolute atomic E-state index is 0.0221. The number of fused-ring (bicyclic) bond motifs is 2. The van der Waals surface area contributed by atoms with Gasteiger partial charge in [-0.25, -0.2) is 0 Å². The lowest BCUT2D eigenvalue weighted by Crippen LogP contribution is -2.52. The first-order chi connectivity index (χ1) is 12.6. The highest BCUT2D eigenvalue weighted by molar-refractivity contribution is 6.38. The normalized spacial score (nSPS) is 19.7. The summed E-state index contributed by atoms with van der Waals surface area (Å²) in [5, 5.41) is 24.0. The minimum atomic E-state index is -0.0221. The van der Waals surface area contributed by atoms with E-state index in [-0.39, 0.29) is 11.8 Å². The number of hydrogen-bond acceptors (Lipinski definition) is 5. The largest absolute Gasteiger partial charge is 0.507 e. The van der Waals surface area contributed by atoms with Crippen molar-refractivity contribution in [3.8, 4) is 28.7 Å². The molecule has 134 valence electrons. The van der Waals surface area contributed by atoms with Crippen LogP contribution in [0.1, 0.15) is 11.1 Å². The van der Waals surface area contributed by atoms with Crippen LogP contribution in [0.4, 0.5) is 0 Å². The van der Waals surface area contributed by atoms with Gasteiger partial charge >= 0.3 is 0 Å². The summed E-state index contributed by atoms with van der Waals surface area (Å²) in [6.07, 6.45) is 0. The van der Waals surface area contributed by atoms with Gasteiger partial charge in [-0.1, -0.05) is 29.3 Å². The van der Waals surface area contributed by atoms with E-state index in [1.54, 1.807) is 18.2 Å². The molecule has 1 saturated heterocycles. The maximum atomic E-state index is 10.3. The predicted molar refractivity (Wildman–Crippen MR) is 101 cm³/mol. The highest BCUT2D eigenvalue weighted by atomic mass is 35.5. The van der Waals surface area contributed by atoms with Crippen molar-refractivity contribution in [1.82, 2.24) is 10.2 Å². The van der Waals surface area contributed by atoms with E-state index in [0.29, 0.717) is 45.6 Å². The van der Waals surface area contributed by atoms with Crippen molar-refractivity contribution in [2.24, 2.45) is 0 Å². The Bertz CT molecular complexity index is 890. The zero-order valence-electron chi connectivity index (χ0n) is 13.9. The Kier molecular flexibility index (Phi) is 4.68. The Morgan fingerprint density at radius 1 is 1.31 bits per heavy atom. The van der Waals surface area contributed by atoms with Crippen LogP contribution in [0.3, 0.4) is 0 Å². The van der Waals surface area contributed by atoms with Gasteiger partial charge in [0.05, 0.1) is 27.7 Å². The molecule has 2 aliphatic rings. The predicted octanol–water partition coefficient (Wildman–Crippen LogP) is 3.40. The molecule has 0 saturated carbocycles. The Morgan fingerprint density at radius 3 is 2.92 bits per heavy atom. The van der Waals surface area contributed by atoms with Gasteiger partial charge in [-0.05, 0) is 18.2 Å². The molecule has 26 heavy (non-hydrogen) atoms. The van der Waals surface area contributed by atoms with Gasteiger partial charge in [-0.3, -0.25) is 4.90 Å². The fourth-order valence-corrected chi connectivity index (χ4v) is 4.26. The van der Waals surface area contributed by atoms with Gasteiger partial charge in [-0.15, -0.1) is 0 Å². The van der Waals surface area contributed by atoms with Crippen molar-refractivity contribution >= 4 is 23.2 Å². The van der Waals surface area contributed by atoms with E-state index in [2.05, 4.69) is 16.3 Å². The Labute approximate surface area is 161 Å². The molecule has 1 atom stereocenters. The first-order valence-electron chi connectivity index (χ1n) is 8.41. The molecule has 2 heterocycles. The van der Waals surface area contributed by atoms with Gasteiger partial charge in [0.25, 0.3) is 0 Å². The third kappa shape index (κ3) is 2.89. The molecular formula is C19H17Cl2N3O2. The topological polar surface area (TPSA) is 68.5 Å². The van der Waals surface area contributed by atoms with Crippen LogP contribution in [0.25, 0.3) is 11.1 Å². The van der Waals surface area contributed by atoms with E-state index in [1.165, 1.54) is 6.07 Å². The standard InChI is InChI=1S/C19H17Cl2N3O2/c20-14-2-1-3-15(25)17(14)16-11(7-22)6-12-9-24-5-4-23-8-13(24)10-26-19(12)18(16)21/h1-3,6,13,23,25H,4-5,8-10H2/t13-/m1/s1. The van der Waals surface area contributed by atoms with Crippen LogP contribution in [0, 0.1) is 11.3 Å². The van der Waals surface area contributed by atoms with Crippen molar-refractivity contribution in [2.75, 3.05) is 26.2 Å². The number of nitriles is 1. The van der Waals surface area contributed by atoms with Gasteiger partial charge < -0.3 is 15.2 Å². The average molecular weight is 390 g/mol. The number of phenols is 1. The third-order valence-electron chi connectivity index (χ3n) is 4.93. The van der Waals surface area contributed by atoms with Crippen molar-refractivity contribution < 1.29 is 9.84 Å². The summed E-state index contributed by atoms with van der Waals surface area (Å²) < 4.78 is 6.04. The summed E-state index contributed by atoms with van der Waals surface area (Å²) in [7, 11) is 0. The molecule has 0 unspecified atom stereocenters. The maximum Gasteiger partial charge on any atom is 0.143 e. The SMILES string of the molecule is N#Cc1cc2c(c(Cl)c1-c1c(O)cccc1Cl)OC[C@H]1CNCCN1C2. The van der Waals surface area contributed by atoms with E-state index in [9.17, 15) is 10.4 Å². The summed E-state index contributed by atoms with van der Waals surface area (Å²) in [6.45, 7) is 3.88. The molecule has 0 aliphatic carbocycles. The number of nitrogens with one attached hydrogen (secondary N) is 1. The van der Waals surface area contributed by atoms with E-state index < -0.39 is 0 Å². The number of halogens is 2. The molecule has 0 radical (unpaired) electrons. The lowest BCUT2D eigenvalue weighted by Gasteiger charge is -2.33. The van der Waals surface area contributed by atoms with Crippen molar-refractivity contribution in [3.05, 3.63) is 45.4 Å². The molecule has 2 aromatic carbocycles. The fraction of sp³-hybridized carbons (Fsp3) is 0.316. The molecule has 0 spiro atoms. The van der Waals surface area contributed by atoms with Crippen LogP contribution >= 0.6 is 23.2 Å². The van der Waals surface area contributed by atoms with E-state index in [0.717, 1.165) is 25.2 Å². The molecule has 7 heteroatoms.